The van der Waals surface area contributed by atoms with Gasteiger partial charge in [-0.05, 0) is 19.3 Å². The second-order valence-electron chi connectivity index (χ2n) is 4.81. The molecule has 0 saturated heterocycles. The lowest BCUT2D eigenvalue weighted by Gasteiger charge is -2.23. The molecule has 0 fully saturated rings. The van der Waals surface area contributed by atoms with Crippen LogP contribution in [0.25, 0.3) is 0 Å². The normalized spacial score (nSPS) is 16.4. The van der Waals surface area contributed by atoms with Crippen molar-refractivity contribution in [1.82, 2.24) is 9.44 Å². The molecule has 0 saturated carbocycles. The predicted molar refractivity (Wildman–Crippen MR) is 65.3 cm³/mol. The van der Waals surface area contributed by atoms with E-state index in [1.165, 1.54) is 0 Å². The van der Waals surface area contributed by atoms with Crippen LogP contribution >= 0.6 is 0 Å². The van der Waals surface area contributed by atoms with Crippen molar-refractivity contribution in [3.8, 4) is 0 Å². The minimum Gasteiger partial charge on any atom is -0.389 e. The summed E-state index contributed by atoms with van der Waals surface area (Å²) in [5.41, 5.74) is -0.985. The number of nitrogens with one attached hydrogen (secondary N) is 2. The first-order valence-corrected chi connectivity index (χ1v) is 7.13. The lowest BCUT2D eigenvalue weighted by molar-refractivity contribution is 0.0553. The van der Waals surface area contributed by atoms with Gasteiger partial charge in [0, 0.05) is 13.1 Å². The Hall–Kier alpha value is -0.170. The van der Waals surface area contributed by atoms with Crippen LogP contribution in [0.1, 0.15) is 40.5 Å². The third-order valence-corrected chi connectivity index (χ3v) is 3.18. The van der Waals surface area contributed by atoms with Gasteiger partial charge in [0.25, 0.3) is 10.2 Å². The van der Waals surface area contributed by atoms with Crippen LogP contribution in [0.5, 0.6) is 0 Å². The van der Waals surface area contributed by atoms with E-state index in [-0.39, 0.29) is 12.5 Å². The zero-order valence-corrected chi connectivity index (χ0v) is 11.4. The molecule has 16 heavy (non-hydrogen) atoms. The van der Waals surface area contributed by atoms with Crippen molar-refractivity contribution in [2.75, 3.05) is 13.1 Å². The van der Waals surface area contributed by atoms with E-state index in [2.05, 4.69) is 9.44 Å². The summed E-state index contributed by atoms with van der Waals surface area (Å²) in [6.45, 7) is 7.85. The molecule has 1 unspecified atom stereocenters. The summed E-state index contributed by atoms with van der Waals surface area (Å²) >= 11 is 0. The van der Waals surface area contributed by atoms with E-state index in [0.29, 0.717) is 13.0 Å². The van der Waals surface area contributed by atoms with Crippen molar-refractivity contribution >= 4 is 10.2 Å². The molecule has 1 atom stereocenters. The maximum Gasteiger partial charge on any atom is 0.277 e. The number of hydrogen-bond acceptors (Lipinski definition) is 3. The van der Waals surface area contributed by atoms with Gasteiger partial charge in [0.1, 0.15) is 0 Å². The molecule has 0 aliphatic rings. The molecular formula is C10H24N2O3S. The van der Waals surface area contributed by atoms with Crippen LogP contribution in [-0.2, 0) is 10.2 Å². The molecule has 0 rings (SSSR count). The van der Waals surface area contributed by atoms with Crippen molar-refractivity contribution < 1.29 is 13.5 Å². The highest BCUT2D eigenvalue weighted by Crippen LogP contribution is 2.10. The van der Waals surface area contributed by atoms with Gasteiger partial charge in [0.05, 0.1) is 5.60 Å². The third-order valence-electron chi connectivity index (χ3n) is 2.11. The molecule has 6 heteroatoms. The van der Waals surface area contributed by atoms with E-state index < -0.39 is 15.8 Å². The Morgan fingerprint density at radius 2 is 1.88 bits per heavy atom. The molecule has 0 aliphatic heterocycles. The van der Waals surface area contributed by atoms with Crippen LogP contribution in [0.2, 0.25) is 0 Å². The fourth-order valence-electron chi connectivity index (χ4n) is 1.20. The molecule has 0 aromatic carbocycles. The first kappa shape index (κ1) is 15.8. The minimum atomic E-state index is -3.49. The molecular weight excluding hydrogens is 228 g/mol. The van der Waals surface area contributed by atoms with Crippen LogP contribution in [0, 0.1) is 5.92 Å². The van der Waals surface area contributed by atoms with Gasteiger partial charge >= 0.3 is 0 Å². The van der Waals surface area contributed by atoms with Crippen LogP contribution < -0.4 is 9.44 Å². The van der Waals surface area contributed by atoms with Crippen molar-refractivity contribution in [3.63, 3.8) is 0 Å². The van der Waals surface area contributed by atoms with Crippen molar-refractivity contribution in [2.45, 2.75) is 46.1 Å². The Kier molecular flexibility index (Phi) is 6.47. The van der Waals surface area contributed by atoms with E-state index in [0.717, 1.165) is 6.42 Å². The van der Waals surface area contributed by atoms with Crippen molar-refractivity contribution in [3.05, 3.63) is 0 Å². The fourth-order valence-corrected chi connectivity index (χ4v) is 2.36. The molecule has 0 aromatic heterocycles. The Morgan fingerprint density at radius 1 is 1.31 bits per heavy atom. The summed E-state index contributed by atoms with van der Waals surface area (Å²) < 4.78 is 27.7. The summed E-state index contributed by atoms with van der Waals surface area (Å²) in [5.74, 6) is 0.257. The Balaban J connectivity index is 4.08. The molecule has 5 nitrogen and oxygen atoms in total. The Labute approximate surface area is 98.8 Å². The first-order valence-electron chi connectivity index (χ1n) is 5.65. The van der Waals surface area contributed by atoms with Gasteiger partial charge in [-0.15, -0.1) is 0 Å². The summed E-state index contributed by atoms with van der Waals surface area (Å²) in [5, 5.41) is 9.80. The van der Waals surface area contributed by atoms with Crippen LogP contribution in [0.4, 0.5) is 0 Å². The van der Waals surface area contributed by atoms with Gasteiger partial charge in [-0.1, -0.05) is 27.2 Å². The molecule has 0 amide bonds. The first-order chi connectivity index (χ1) is 7.18. The monoisotopic (exact) mass is 252 g/mol. The zero-order chi connectivity index (χ0) is 12.8. The van der Waals surface area contributed by atoms with Gasteiger partial charge in [-0.2, -0.15) is 13.1 Å². The van der Waals surface area contributed by atoms with Gasteiger partial charge in [-0.25, -0.2) is 4.72 Å². The van der Waals surface area contributed by atoms with E-state index in [9.17, 15) is 13.5 Å². The van der Waals surface area contributed by atoms with Crippen molar-refractivity contribution in [2.24, 2.45) is 5.92 Å². The highest BCUT2D eigenvalue weighted by molar-refractivity contribution is 7.87. The zero-order valence-electron chi connectivity index (χ0n) is 10.6. The average Bonchev–Trinajstić information content (AvgIpc) is 2.13. The molecule has 0 heterocycles. The van der Waals surface area contributed by atoms with E-state index in [1.807, 2.05) is 20.8 Å². The van der Waals surface area contributed by atoms with Gasteiger partial charge in [-0.3, -0.25) is 0 Å². The summed E-state index contributed by atoms with van der Waals surface area (Å²) in [4.78, 5) is 0. The maximum atomic E-state index is 11.5. The summed E-state index contributed by atoms with van der Waals surface area (Å²) in [6, 6.07) is 0. The smallest absolute Gasteiger partial charge is 0.277 e. The molecule has 0 bridgehead atoms. The highest BCUT2D eigenvalue weighted by atomic mass is 32.2. The third kappa shape index (κ3) is 8.04. The summed E-state index contributed by atoms with van der Waals surface area (Å²) in [6.07, 6.45) is 1.38. The Morgan fingerprint density at radius 3 is 2.31 bits per heavy atom. The quantitative estimate of drug-likeness (QED) is 0.592. The molecule has 3 N–H and O–H groups in total. The Bertz CT molecular complexity index is 286. The minimum absolute atomic E-state index is 0.0360. The van der Waals surface area contributed by atoms with E-state index in [4.69, 9.17) is 0 Å². The van der Waals surface area contributed by atoms with Crippen LogP contribution in [0.15, 0.2) is 0 Å². The van der Waals surface area contributed by atoms with Crippen molar-refractivity contribution in [1.29, 1.82) is 0 Å². The van der Waals surface area contributed by atoms with Crippen LogP contribution in [0.3, 0.4) is 0 Å². The van der Waals surface area contributed by atoms with E-state index in [1.54, 1.807) is 6.92 Å². The lowest BCUT2D eigenvalue weighted by Crippen LogP contribution is -2.45. The SMILES string of the molecule is CCCC(C)(O)CNS(=O)(=O)NCC(C)C. The van der Waals surface area contributed by atoms with Crippen LogP contribution in [-0.4, -0.2) is 32.2 Å². The topological polar surface area (TPSA) is 78.4 Å². The molecule has 0 aromatic rings. The van der Waals surface area contributed by atoms with Gasteiger partial charge in [0.2, 0.25) is 0 Å². The lowest BCUT2D eigenvalue weighted by atomic mass is 10.0. The fraction of sp³-hybridized carbons (Fsp3) is 1.00. The maximum absolute atomic E-state index is 11.5. The van der Waals surface area contributed by atoms with Gasteiger partial charge < -0.3 is 5.11 Å². The average molecular weight is 252 g/mol. The molecule has 0 spiro atoms. The number of hydrogen-bond donors (Lipinski definition) is 3. The molecule has 98 valence electrons. The molecule has 0 aliphatic carbocycles. The number of rotatable bonds is 8. The second kappa shape index (κ2) is 6.54. The second-order valence-corrected chi connectivity index (χ2v) is 6.40. The largest absolute Gasteiger partial charge is 0.389 e. The van der Waals surface area contributed by atoms with E-state index >= 15 is 0 Å². The predicted octanol–water partition coefficient (Wildman–Crippen LogP) is 0.618. The summed E-state index contributed by atoms with van der Waals surface area (Å²) in [7, 11) is -3.49. The molecule has 0 radical (unpaired) electrons. The standard InChI is InChI=1S/C10H24N2O3S/c1-5-6-10(4,13)8-12-16(14,15)11-7-9(2)3/h9,11-13H,5-8H2,1-4H3. The van der Waals surface area contributed by atoms with Gasteiger partial charge in [0.15, 0.2) is 0 Å². The number of aliphatic hydroxyl groups is 1. The highest BCUT2D eigenvalue weighted by Gasteiger charge is 2.21.